The van der Waals surface area contributed by atoms with Gasteiger partial charge in [-0.25, -0.2) is 4.98 Å². The van der Waals surface area contributed by atoms with Crippen LogP contribution in [0.3, 0.4) is 0 Å². The van der Waals surface area contributed by atoms with E-state index in [0.29, 0.717) is 24.0 Å². The molecule has 0 radical (unpaired) electrons. The molecule has 0 fully saturated rings. The van der Waals surface area contributed by atoms with E-state index in [2.05, 4.69) is 22.1 Å². The molecule has 0 aliphatic rings. The number of rotatable bonds is 9. The van der Waals surface area contributed by atoms with Crippen LogP contribution in [-0.4, -0.2) is 22.7 Å². The highest BCUT2D eigenvalue weighted by Gasteiger charge is 2.29. The number of carbonyl (C=O) groups excluding carboxylic acids is 1. The Kier molecular flexibility index (Phi) is 6.94. The van der Waals surface area contributed by atoms with Crippen LogP contribution < -0.4 is 0 Å². The molecular weight excluding hydrogens is 380 g/mol. The normalized spacial score (nSPS) is 12.4. The molecule has 2 aromatic carbocycles. The fraction of sp³-hybridized carbons (Fsp3) is 0.217. The zero-order valence-corrected chi connectivity index (χ0v) is 16.4. The van der Waals surface area contributed by atoms with Gasteiger partial charge in [0.2, 0.25) is 6.29 Å². The van der Waals surface area contributed by atoms with Gasteiger partial charge in [-0.1, -0.05) is 24.3 Å². The molecule has 7 nitrogen and oxygen atoms in total. The van der Waals surface area contributed by atoms with E-state index in [-0.39, 0.29) is 12.5 Å². The van der Waals surface area contributed by atoms with Crippen LogP contribution in [0.2, 0.25) is 0 Å². The SMILES string of the molecule is Cc1[nH]cnc1C(Cc1cccc(C#N)c1)C(OC=O)OCc1ccc(C#N)cc1. The highest BCUT2D eigenvalue weighted by molar-refractivity contribution is 5.38. The molecule has 3 rings (SSSR count). The molecule has 0 spiro atoms. The van der Waals surface area contributed by atoms with E-state index in [0.717, 1.165) is 22.5 Å². The number of benzene rings is 2. The third kappa shape index (κ3) is 5.11. The summed E-state index contributed by atoms with van der Waals surface area (Å²) in [5, 5.41) is 18.1. The Morgan fingerprint density at radius 2 is 1.87 bits per heavy atom. The van der Waals surface area contributed by atoms with Crippen molar-refractivity contribution in [2.45, 2.75) is 32.2 Å². The number of aromatic nitrogens is 2. The average Bonchev–Trinajstić information content (AvgIpc) is 3.21. The first-order valence-corrected chi connectivity index (χ1v) is 9.33. The van der Waals surface area contributed by atoms with Crippen LogP contribution in [0.5, 0.6) is 0 Å². The number of hydrogen-bond acceptors (Lipinski definition) is 6. The summed E-state index contributed by atoms with van der Waals surface area (Å²) < 4.78 is 11.3. The quantitative estimate of drug-likeness (QED) is 0.435. The van der Waals surface area contributed by atoms with E-state index in [1.54, 1.807) is 42.7 Å². The minimum absolute atomic E-state index is 0.197. The summed E-state index contributed by atoms with van der Waals surface area (Å²) in [6.45, 7) is 2.45. The van der Waals surface area contributed by atoms with Crippen LogP contribution in [0.15, 0.2) is 54.9 Å². The lowest BCUT2D eigenvalue weighted by Crippen LogP contribution is -2.28. The summed E-state index contributed by atoms with van der Waals surface area (Å²) in [5.74, 6) is -0.381. The number of nitriles is 2. The van der Waals surface area contributed by atoms with Gasteiger partial charge in [-0.15, -0.1) is 0 Å². The van der Waals surface area contributed by atoms with Gasteiger partial charge in [0.1, 0.15) is 0 Å². The van der Waals surface area contributed by atoms with Gasteiger partial charge >= 0.3 is 0 Å². The number of ether oxygens (including phenoxy) is 2. The number of aryl methyl sites for hydroxylation is 1. The van der Waals surface area contributed by atoms with Gasteiger partial charge in [0, 0.05) is 5.69 Å². The van der Waals surface area contributed by atoms with Gasteiger partial charge in [0.25, 0.3) is 6.47 Å². The Balaban J connectivity index is 1.85. The fourth-order valence-corrected chi connectivity index (χ4v) is 3.25. The first kappa shape index (κ1) is 20.8. The smallest absolute Gasteiger partial charge is 0.295 e. The molecule has 0 aliphatic carbocycles. The van der Waals surface area contributed by atoms with Crippen molar-refractivity contribution in [1.82, 2.24) is 9.97 Å². The van der Waals surface area contributed by atoms with Gasteiger partial charge in [-0.3, -0.25) is 4.79 Å². The predicted molar refractivity (Wildman–Crippen MR) is 108 cm³/mol. The molecule has 7 heteroatoms. The van der Waals surface area contributed by atoms with E-state index >= 15 is 0 Å². The summed E-state index contributed by atoms with van der Waals surface area (Å²) in [4.78, 5) is 18.7. The molecule has 0 aliphatic heterocycles. The van der Waals surface area contributed by atoms with Gasteiger partial charge in [-0.05, 0) is 48.7 Å². The van der Waals surface area contributed by atoms with Gasteiger partial charge < -0.3 is 14.5 Å². The summed E-state index contributed by atoms with van der Waals surface area (Å²) in [6, 6.07) is 18.5. The predicted octanol–water partition coefficient (Wildman–Crippen LogP) is 3.50. The molecule has 0 amide bonds. The lowest BCUT2D eigenvalue weighted by molar-refractivity contribution is -0.173. The van der Waals surface area contributed by atoms with Crippen LogP contribution >= 0.6 is 0 Å². The van der Waals surface area contributed by atoms with E-state index in [1.165, 1.54) is 0 Å². The topological polar surface area (TPSA) is 112 Å². The largest absolute Gasteiger partial charge is 0.437 e. The maximum atomic E-state index is 11.2. The Hall–Kier alpha value is -3.94. The van der Waals surface area contributed by atoms with E-state index in [9.17, 15) is 10.1 Å². The molecule has 1 aromatic heterocycles. The second-order valence-electron chi connectivity index (χ2n) is 6.76. The molecule has 3 aromatic rings. The second kappa shape index (κ2) is 10.0. The lowest BCUT2D eigenvalue weighted by Gasteiger charge is -2.25. The first-order valence-electron chi connectivity index (χ1n) is 9.33. The Morgan fingerprint density at radius 1 is 1.10 bits per heavy atom. The number of hydrogen-bond donors (Lipinski definition) is 1. The van der Waals surface area contributed by atoms with E-state index in [1.807, 2.05) is 19.1 Å². The number of carbonyl (C=O) groups is 1. The number of aromatic amines is 1. The van der Waals surface area contributed by atoms with Crippen molar-refractivity contribution < 1.29 is 14.3 Å². The molecule has 150 valence electrons. The van der Waals surface area contributed by atoms with Crippen molar-refractivity contribution in [2.75, 3.05) is 0 Å². The standard InChI is InChI=1S/C23H20N4O3/c1-16-22(27-14-26-16)21(10-19-3-2-4-20(9-19)12-25)23(30-15-28)29-13-18-7-5-17(11-24)6-8-18/h2-9,14-15,21,23H,10,13H2,1H3,(H,26,27). The van der Waals surface area contributed by atoms with Gasteiger partial charge in [0.05, 0.1) is 47.8 Å². The third-order valence-electron chi connectivity index (χ3n) is 4.75. The van der Waals surface area contributed by atoms with E-state index < -0.39 is 6.29 Å². The zero-order chi connectivity index (χ0) is 21.3. The summed E-state index contributed by atoms with van der Waals surface area (Å²) in [6.07, 6.45) is 1.17. The first-order chi connectivity index (χ1) is 14.6. The van der Waals surface area contributed by atoms with Crippen molar-refractivity contribution >= 4 is 6.47 Å². The lowest BCUT2D eigenvalue weighted by atomic mass is 9.93. The number of nitrogens with one attached hydrogen (secondary N) is 1. The molecule has 0 saturated heterocycles. The van der Waals surface area contributed by atoms with Crippen molar-refractivity contribution in [3.63, 3.8) is 0 Å². The number of imidazole rings is 1. The summed E-state index contributed by atoms with van der Waals surface area (Å²) in [5.41, 5.74) is 4.43. The van der Waals surface area contributed by atoms with Crippen molar-refractivity contribution in [3.05, 3.63) is 88.5 Å². The van der Waals surface area contributed by atoms with Crippen LogP contribution in [-0.2, 0) is 27.3 Å². The second-order valence-corrected chi connectivity index (χ2v) is 6.76. The van der Waals surface area contributed by atoms with Crippen molar-refractivity contribution in [2.24, 2.45) is 0 Å². The number of H-pyrrole nitrogens is 1. The highest BCUT2D eigenvalue weighted by atomic mass is 16.7. The maximum Gasteiger partial charge on any atom is 0.295 e. The van der Waals surface area contributed by atoms with Crippen LogP contribution in [0, 0.1) is 29.6 Å². The van der Waals surface area contributed by atoms with Crippen molar-refractivity contribution in [3.8, 4) is 12.1 Å². The number of nitrogens with zero attached hydrogens (tertiary/aromatic N) is 3. The molecule has 1 heterocycles. The summed E-state index contributed by atoms with van der Waals surface area (Å²) >= 11 is 0. The minimum atomic E-state index is -0.883. The minimum Gasteiger partial charge on any atom is -0.437 e. The average molecular weight is 400 g/mol. The summed E-state index contributed by atoms with van der Waals surface area (Å²) in [7, 11) is 0. The molecular formula is C23H20N4O3. The fourth-order valence-electron chi connectivity index (χ4n) is 3.25. The third-order valence-corrected chi connectivity index (χ3v) is 4.75. The molecule has 0 bridgehead atoms. The molecule has 2 atom stereocenters. The van der Waals surface area contributed by atoms with Crippen LogP contribution in [0.4, 0.5) is 0 Å². The Morgan fingerprint density at radius 3 is 2.50 bits per heavy atom. The molecule has 1 N–H and O–H groups in total. The van der Waals surface area contributed by atoms with Crippen LogP contribution in [0.25, 0.3) is 0 Å². The van der Waals surface area contributed by atoms with E-state index in [4.69, 9.17) is 14.7 Å². The molecule has 30 heavy (non-hydrogen) atoms. The molecule has 2 unspecified atom stereocenters. The maximum absolute atomic E-state index is 11.2. The zero-order valence-electron chi connectivity index (χ0n) is 16.4. The molecule has 0 saturated carbocycles. The van der Waals surface area contributed by atoms with Gasteiger partial charge in [0.15, 0.2) is 0 Å². The monoisotopic (exact) mass is 400 g/mol. The Bertz CT molecular complexity index is 1080. The van der Waals surface area contributed by atoms with Gasteiger partial charge in [-0.2, -0.15) is 10.5 Å². The highest BCUT2D eigenvalue weighted by Crippen LogP contribution is 2.28. The Labute approximate surface area is 174 Å². The van der Waals surface area contributed by atoms with Crippen LogP contribution in [0.1, 0.15) is 39.6 Å². The van der Waals surface area contributed by atoms with Crippen molar-refractivity contribution in [1.29, 1.82) is 10.5 Å².